The lowest BCUT2D eigenvalue weighted by Gasteiger charge is -2.06. The number of benzene rings is 2. The van der Waals surface area contributed by atoms with Gasteiger partial charge in [-0.25, -0.2) is 4.98 Å². The van der Waals surface area contributed by atoms with Crippen LogP contribution >= 0.6 is 11.6 Å². The molecule has 2 aromatic carbocycles. The van der Waals surface area contributed by atoms with E-state index in [-0.39, 0.29) is 6.61 Å². The van der Waals surface area contributed by atoms with Crippen molar-refractivity contribution in [3.05, 3.63) is 58.8 Å². The summed E-state index contributed by atoms with van der Waals surface area (Å²) >= 11 is 5.94. The molecule has 0 bridgehead atoms. The molecule has 0 N–H and O–H groups in total. The van der Waals surface area contributed by atoms with E-state index in [4.69, 9.17) is 25.3 Å². The third kappa shape index (κ3) is 3.21. The first kappa shape index (κ1) is 15.7. The molecule has 0 saturated carbocycles. The van der Waals surface area contributed by atoms with Crippen LogP contribution in [0.1, 0.15) is 17.3 Å². The van der Waals surface area contributed by atoms with E-state index < -0.39 is 0 Å². The standard InChI is InChI=1S/C18H14ClN3O3/c1-10-7-13(19)4-6-15(10)23-9-17-21-18(22-25-17)12-3-5-16-14(8-12)20-11(2)24-16/h3-8H,9H2,1-2H3. The van der Waals surface area contributed by atoms with E-state index in [0.717, 1.165) is 28.0 Å². The van der Waals surface area contributed by atoms with Gasteiger partial charge in [0.2, 0.25) is 5.82 Å². The highest BCUT2D eigenvalue weighted by molar-refractivity contribution is 6.30. The van der Waals surface area contributed by atoms with Crippen LogP contribution in [-0.2, 0) is 6.61 Å². The highest BCUT2D eigenvalue weighted by Gasteiger charge is 2.12. The van der Waals surface area contributed by atoms with Crippen LogP contribution < -0.4 is 4.74 Å². The first-order valence-electron chi connectivity index (χ1n) is 7.67. The summed E-state index contributed by atoms with van der Waals surface area (Å²) in [7, 11) is 0. The molecule has 25 heavy (non-hydrogen) atoms. The van der Waals surface area contributed by atoms with E-state index in [2.05, 4.69) is 15.1 Å². The quantitative estimate of drug-likeness (QED) is 0.527. The number of nitrogens with zero attached hydrogens (tertiary/aromatic N) is 3. The van der Waals surface area contributed by atoms with Crippen LogP contribution in [0.2, 0.25) is 5.02 Å². The van der Waals surface area contributed by atoms with Gasteiger partial charge in [-0.2, -0.15) is 4.98 Å². The van der Waals surface area contributed by atoms with Crippen molar-refractivity contribution in [2.45, 2.75) is 20.5 Å². The largest absolute Gasteiger partial charge is 0.483 e. The predicted octanol–water partition coefficient (Wildman–Crippen LogP) is 4.73. The molecule has 0 unspecified atom stereocenters. The maximum Gasteiger partial charge on any atom is 0.264 e. The van der Waals surface area contributed by atoms with Crippen LogP contribution in [-0.4, -0.2) is 15.1 Å². The van der Waals surface area contributed by atoms with Crippen LogP contribution in [0.15, 0.2) is 45.3 Å². The molecule has 0 radical (unpaired) electrons. The third-order valence-corrected chi connectivity index (χ3v) is 3.94. The molecular weight excluding hydrogens is 342 g/mol. The van der Waals surface area contributed by atoms with Crippen molar-refractivity contribution in [3.63, 3.8) is 0 Å². The monoisotopic (exact) mass is 355 g/mol. The Morgan fingerprint density at radius 1 is 1.08 bits per heavy atom. The number of hydrogen-bond donors (Lipinski definition) is 0. The number of halogens is 1. The third-order valence-electron chi connectivity index (χ3n) is 3.71. The molecule has 0 aliphatic rings. The van der Waals surface area contributed by atoms with Crippen LogP contribution in [0.3, 0.4) is 0 Å². The summed E-state index contributed by atoms with van der Waals surface area (Å²) < 4.78 is 16.5. The van der Waals surface area contributed by atoms with Gasteiger partial charge >= 0.3 is 0 Å². The number of ether oxygens (including phenoxy) is 1. The maximum absolute atomic E-state index is 5.94. The average molecular weight is 356 g/mol. The maximum atomic E-state index is 5.94. The molecule has 4 aromatic rings. The molecule has 0 aliphatic carbocycles. The lowest BCUT2D eigenvalue weighted by Crippen LogP contribution is -1.97. The van der Waals surface area contributed by atoms with Crippen molar-refractivity contribution in [1.29, 1.82) is 0 Å². The van der Waals surface area contributed by atoms with Crippen LogP contribution in [0.4, 0.5) is 0 Å². The van der Waals surface area contributed by atoms with Gasteiger partial charge in [0.25, 0.3) is 5.89 Å². The second-order valence-corrected chi connectivity index (χ2v) is 6.06. The zero-order valence-electron chi connectivity index (χ0n) is 13.6. The molecule has 0 amide bonds. The van der Waals surface area contributed by atoms with Crippen molar-refractivity contribution < 1.29 is 13.7 Å². The zero-order chi connectivity index (χ0) is 17.4. The van der Waals surface area contributed by atoms with Crippen molar-refractivity contribution in [3.8, 4) is 17.1 Å². The summed E-state index contributed by atoms with van der Waals surface area (Å²) in [5.74, 6) is 2.21. The molecule has 6 nitrogen and oxygen atoms in total. The Hall–Kier alpha value is -2.86. The average Bonchev–Trinajstić information content (AvgIpc) is 3.18. The van der Waals surface area contributed by atoms with Gasteiger partial charge < -0.3 is 13.7 Å². The fourth-order valence-electron chi connectivity index (χ4n) is 2.53. The Kier molecular flexibility index (Phi) is 3.89. The molecule has 0 saturated heterocycles. The SMILES string of the molecule is Cc1nc2cc(-c3noc(COc4ccc(Cl)cc4C)n3)ccc2o1. The Morgan fingerprint density at radius 3 is 2.80 bits per heavy atom. The van der Waals surface area contributed by atoms with E-state index in [1.807, 2.05) is 44.2 Å². The minimum Gasteiger partial charge on any atom is -0.483 e. The van der Waals surface area contributed by atoms with Gasteiger partial charge in [-0.1, -0.05) is 16.8 Å². The first-order chi connectivity index (χ1) is 12.1. The van der Waals surface area contributed by atoms with E-state index in [1.54, 1.807) is 6.07 Å². The molecule has 7 heteroatoms. The number of aryl methyl sites for hydroxylation is 2. The fourth-order valence-corrected chi connectivity index (χ4v) is 2.75. The Labute approximate surface area is 148 Å². The second-order valence-electron chi connectivity index (χ2n) is 5.63. The summed E-state index contributed by atoms with van der Waals surface area (Å²) in [5.41, 5.74) is 3.23. The van der Waals surface area contributed by atoms with Crippen molar-refractivity contribution in [2.75, 3.05) is 0 Å². The van der Waals surface area contributed by atoms with E-state index in [0.29, 0.717) is 22.6 Å². The minimum atomic E-state index is 0.181. The van der Waals surface area contributed by atoms with Crippen molar-refractivity contribution in [1.82, 2.24) is 15.1 Å². The normalized spacial score (nSPS) is 11.2. The number of hydrogen-bond acceptors (Lipinski definition) is 6. The second kappa shape index (κ2) is 6.22. The molecule has 0 aliphatic heterocycles. The molecule has 2 heterocycles. The van der Waals surface area contributed by atoms with Gasteiger partial charge in [0.05, 0.1) is 0 Å². The molecule has 0 spiro atoms. The first-order valence-corrected chi connectivity index (χ1v) is 8.05. The van der Waals surface area contributed by atoms with Gasteiger partial charge in [-0.3, -0.25) is 0 Å². The van der Waals surface area contributed by atoms with Gasteiger partial charge in [0, 0.05) is 17.5 Å². The zero-order valence-corrected chi connectivity index (χ0v) is 14.4. The number of aromatic nitrogens is 3. The number of fused-ring (bicyclic) bond motifs is 1. The van der Waals surface area contributed by atoms with Crippen LogP contribution in [0, 0.1) is 13.8 Å². The Morgan fingerprint density at radius 2 is 1.96 bits per heavy atom. The Balaban J connectivity index is 1.52. The summed E-state index contributed by atoms with van der Waals surface area (Å²) in [6.45, 7) is 3.92. The molecule has 4 rings (SSSR count). The highest BCUT2D eigenvalue weighted by atomic mass is 35.5. The number of rotatable bonds is 4. The lowest BCUT2D eigenvalue weighted by molar-refractivity contribution is 0.242. The fraction of sp³-hybridized carbons (Fsp3) is 0.167. The summed E-state index contributed by atoms with van der Waals surface area (Å²) in [5, 5.41) is 4.67. The van der Waals surface area contributed by atoms with Crippen LogP contribution in [0.5, 0.6) is 5.75 Å². The van der Waals surface area contributed by atoms with Gasteiger partial charge in [-0.15, -0.1) is 0 Å². The van der Waals surface area contributed by atoms with E-state index >= 15 is 0 Å². The van der Waals surface area contributed by atoms with Crippen molar-refractivity contribution in [2.24, 2.45) is 0 Å². The predicted molar refractivity (Wildman–Crippen MR) is 92.6 cm³/mol. The van der Waals surface area contributed by atoms with Crippen LogP contribution in [0.25, 0.3) is 22.5 Å². The topological polar surface area (TPSA) is 74.2 Å². The van der Waals surface area contributed by atoms with E-state index in [1.165, 1.54) is 0 Å². The molecule has 126 valence electrons. The van der Waals surface area contributed by atoms with E-state index in [9.17, 15) is 0 Å². The lowest BCUT2D eigenvalue weighted by atomic mass is 10.2. The number of oxazole rings is 1. The highest BCUT2D eigenvalue weighted by Crippen LogP contribution is 2.24. The molecule has 0 fully saturated rings. The summed E-state index contributed by atoms with van der Waals surface area (Å²) in [4.78, 5) is 8.68. The molecular formula is C18H14ClN3O3. The van der Waals surface area contributed by atoms with Gasteiger partial charge in [0.1, 0.15) is 11.3 Å². The van der Waals surface area contributed by atoms with Gasteiger partial charge in [-0.05, 0) is 48.9 Å². The van der Waals surface area contributed by atoms with Gasteiger partial charge in [0.15, 0.2) is 18.1 Å². The summed E-state index contributed by atoms with van der Waals surface area (Å²) in [6.07, 6.45) is 0. The molecule has 2 aromatic heterocycles. The molecule has 0 atom stereocenters. The summed E-state index contributed by atoms with van der Waals surface area (Å²) in [6, 6.07) is 11.0. The Bertz CT molecular complexity index is 1050. The smallest absolute Gasteiger partial charge is 0.264 e. The van der Waals surface area contributed by atoms with Crippen molar-refractivity contribution >= 4 is 22.7 Å². The minimum absolute atomic E-state index is 0.181.